The zero-order chi connectivity index (χ0) is 12.5. The van der Waals surface area contributed by atoms with Gasteiger partial charge in [0.05, 0.1) is 0 Å². The SMILES string of the molecule is Clc1cc(-c2ccccc2C2CCC2)c(Cl)nn1. The van der Waals surface area contributed by atoms with Crippen molar-refractivity contribution in [2.75, 3.05) is 0 Å². The van der Waals surface area contributed by atoms with E-state index in [9.17, 15) is 0 Å². The van der Waals surface area contributed by atoms with Gasteiger partial charge in [-0.05, 0) is 36.0 Å². The first kappa shape index (κ1) is 11.9. The van der Waals surface area contributed by atoms with Crippen molar-refractivity contribution in [1.82, 2.24) is 10.2 Å². The van der Waals surface area contributed by atoms with Crippen LogP contribution in [0.4, 0.5) is 0 Å². The second-order valence-corrected chi connectivity index (χ2v) is 5.33. The Morgan fingerprint density at radius 2 is 1.78 bits per heavy atom. The Labute approximate surface area is 116 Å². The minimum atomic E-state index is 0.373. The first-order valence-corrected chi connectivity index (χ1v) is 6.79. The van der Waals surface area contributed by atoms with Crippen molar-refractivity contribution in [3.8, 4) is 11.1 Å². The van der Waals surface area contributed by atoms with Gasteiger partial charge in [-0.2, -0.15) is 0 Å². The molecule has 1 saturated carbocycles. The average molecular weight is 279 g/mol. The van der Waals surface area contributed by atoms with Gasteiger partial charge in [-0.1, -0.05) is 53.9 Å². The standard InChI is InChI=1S/C14H12Cl2N2/c15-13-8-12(14(16)18-17-13)11-7-2-1-6-10(11)9-4-3-5-9/h1-2,6-9H,3-5H2. The molecular weight excluding hydrogens is 267 g/mol. The molecule has 1 aromatic heterocycles. The van der Waals surface area contributed by atoms with Crippen LogP contribution in [0.15, 0.2) is 30.3 Å². The first-order valence-electron chi connectivity index (χ1n) is 6.04. The van der Waals surface area contributed by atoms with Crippen LogP contribution in [0, 0.1) is 0 Å². The van der Waals surface area contributed by atoms with Crippen molar-refractivity contribution >= 4 is 23.2 Å². The van der Waals surface area contributed by atoms with E-state index in [1.165, 1.54) is 24.8 Å². The van der Waals surface area contributed by atoms with Crippen LogP contribution in [-0.2, 0) is 0 Å². The second-order valence-electron chi connectivity index (χ2n) is 4.59. The van der Waals surface area contributed by atoms with Gasteiger partial charge in [-0.3, -0.25) is 0 Å². The monoisotopic (exact) mass is 278 g/mol. The van der Waals surface area contributed by atoms with E-state index in [0.29, 0.717) is 16.2 Å². The zero-order valence-electron chi connectivity index (χ0n) is 9.74. The molecule has 1 aliphatic carbocycles. The summed E-state index contributed by atoms with van der Waals surface area (Å²) in [6, 6.07) is 10.1. The summed E-state index contributed by atoms with van der Waals surface area (Å²) >= 11 is 12.1. The highest BCUT2D eigenvalue weighted by atomic mass is 35.5. The fraction of sp³-hybridized carbons (Fsp3) is 0.286. The van der Waals surface area contributed by atoms with Crippen molar-refractivity contribution in [3.05, 3.63) is 46.2 Å². The molecule has 4 heteroatoms. The van der Waals surface area contributed by atoms with Gasteiger partial charge in [-0.15, -0.1) is 10.2 Å². The molecule has 0 N–H and O–H groups in total. The maximum atomic E-state index is 6.14. The number of hydrogen-bond donors (Lipinski definition) is 0. The van der Waals surface area contributed by atoms with E-state index < -0.39 is 0 Å². The quantitative estimate of drug-likeness (QED) is 0.795. The molecule has 0 spiro atoms. The molecule has 2 nitrogen and oxygen atoms in total. The molecule has 3 rings (SSSR count). The molecule has 92 valence electrons. The number of hydrogen-bond acceptors (Lipinski definition) is 2. The fourth-order valence-electron chi connectivity index (χ4n) is 2.36. The maximum Gasteiger partial charge on any atom is 0.159 e. The molecule has 0 saturated heterocycles. The van der Waals surface area contributed by atoms with Crippen LogP contribution < -0.4 is 0 Å². The number of aromatic nitrogens is 2. The lowest BCUT2D eigenvalue weighted by Crippen LogP contribution is -2.10. The van der Waals surface area contributed by atoms with Gasteiger partial charge in [0.1, 0.15) is 0 Å². The molecule has 2 aromatic rings. The number of benzene rings is 1. The molecule has 0 bridgehead atoms. The third kappa shape index (κ3) is 2.11. The first-order chi connectivity index (χ1) is 8.75. The summed E-state index contributed by atoms with van der Waals surface area (Å²) in [5.74, 6) is 0.643. The Bertz CT molecular complexity index is 580. The summed E-state index contributed by atoms with van der Waals surface area (Å²) < 4.78 is 0. The predicted molar refractivity (Wildman–Crippen MR) is 74.1 cm³/mol. The van der Waals surface area contributed by atoms with Crippen LogP contribution in [0.3, 0.4) is 0 Å². The average Bonchev–Trinajstić information content (AvgIpc) is 2.31. The van der Waals surface area contributed by atoms with Crippen LogP contribution in [-0.4, -0.2) is 10.2 Å². The van der Waals surface area contributed by atoms with Crippen LogP contribution in [0.1, 0.15) is 30.7 Å². The fourth-order valence-corrected chi connectivity index (χ4v) is 2.70. The summed E-state index contributed by atoms with van der Waals surface area (Å²) in [4.78, 5) is 0. The molecule has 0 radical (unpaired) electrons. The molecule has 1 aromatic carbocycles. The highest BCUT2D eigenvalue weighted by Crippen LogP contribution is 2.42. The van der Waals surface area contributed by atoms with Crippen LogP contribution in [0.25, 0.3) is 11.1 Å². The Kier molecular flexibility index (Phi) is 3.23. The number of halogens is 2. The molecule has 0 atom stereocenters. The Morgan fingerprint density at radius 3 is 2.50 bits per heavy atom. The molecule has 0 amide bonds. The molecule has 18 heavy (non-hydrogen) atoms. The van der Waals surface area contributed by atoms with Crippen molar-refractivity contribution in [3.63, 3.8) is 0 Å². The van der Waals surface area contributed by atoms with Gasteiger partial charge in [-0.25, -0.2) is 0 Å². The van der Waals surface area contributed by atoms with E-state index in [0.717, 1.165) is 11.1 Å². The van der Waals surface area contributed by atoms with Gasteiger partial charge in [0, 0.05) is 5.56 Å². The molecular formula is C14H12Cl2N2. The van der Waals surface area contributed by atoms with E-state index >= 15 is 0 Å². The lowest BCUT2D eigenvalue weighted by atomic mass is 9.77. The van der Waals surface area contributed by atoms with Crippen molar-refractivity contribution in [2.24, 2.45) is 0 Å². The number of rotatable bonds is 2. The highest BCUT2D eigenvalue weighted by Gasteiger charge is 2.23. The summed E-state index contributed by atoms with van der Waals surface area (Å²) in [7, 11) is 0. The lowest BCUT2D eigenvalue weighted by molar-refractivity contribution is 0.420. The minimum absolute atomic E-state index is 0.373. The predicted octanol–water partition coefficient (Wildman–Crippen LogP) is 4.72. The van der Waals surface area contributed by atoms with E-state index in [-0.39, 0.29) is 0 Å². The van der Waals surface area contributed by atoms with Crippen molar-refractivity contribution in [1.29, 1.82) is 0 Å². The molecule has 0 aliphatic heterocycles. The van der Waals surface area contributed by atoms with Gasteiger partial charge in [0.15, 0.2) is 10.3 Å². The topological polar surface area (TPSA) is 25.8 Å². The van der Waals surface area contributed by atoms with Crippen molar-refractivity contribution < 1.29 is 0 Å². The van der Waals surface area contributed by atoms with E-state index in [1.807, 2.05) is 6.07 Å². The third-order valence-electron chi connectivity index (χ3n) is 3.51. The van der Waals surface area contributed by atoms with Gasteiger partial charge in [0.25, 0.3) is 0 Å². The van der Waals surface area contributed by atoms with Gasteiger partial charge < -0.3 is 0 Å². The Morgan fingerprint density at radius 1 is 1.00 bits per heavy atom. The summed E-state index contributed by atoms with van der Waals surface area (Å²) in [5, 5.41) is 8.42. The van der Waals surface area contributed by atoms with E-state index in [1.54, 1.807) is 6.07 Å². The lowest BCUT2D eigenvalue weighted by Gasteiger charge is -2.28. The van der Waals surface area contributed by atoms with Gasteiger partial charge in [0.2, 0.25) is 0 Å². The smallest absolute Gasteiger partial charge is 0.137 e. The number of nitrogens with zero attached hydrogens (tertiary/aromatic N) is 2. The van der Waals surface area contributed by atoms with Gasteiger partial charge >= 0.3 is 0 Å². The Hall–Kier alpha value is -1.12. The van der Waals surface area contributed by atoms with Crippen LogP contribution >= 0.6 is 23.2 Å². The Balaban J connectivity index is 2.13. The summed E-state index contributed by atoms with van der Waals surface area (Å²) in [6.45, 7) is 0. The van der Waals surface area contributed by atoms with Crippen LogP contribution in [0.2, 0.25) is 10.3 Å². The van der Waals surface area contributed by atoms with Crippen molar-refractivity contribution in [2.45, 2.75) is 25.2 Å². The van der Waals surface area contributed by atoms with Crippen LogP contribution in [0.5, 0.6) is 0 Å². The third-order valence-corrected chi connectivity index (χ3v) is 3.98. The molecule has 1 aliphatic rings. The molecule has 1 heterocycles. The maximum absolute atomic E-state index is 6.14. The largest absolute Gasteiger partial charge is 0.159 e. The molecule has 1 fully saturated rings. The second kappa shape index (κ2) is 4.87. The molecule has 0 unspecified atom stereocenters. The van der Waals surface area contributed by atoms with E-state index in [4.69, 9.17) is 23.2 Å². The summed E-state index contributed by atoms with van der Waals surface area (Å²) in [6.07, 6.45) is 3.81. The minimum Gasteiger partial charge on any atom is -0.137 e. The van der Waals surface area contributed by atoms with E-state index in [2.05, 4.69) is 28.4 Å². The normalized spacial score (nSPS) is 15.4. The highest BCUT2D eigenvalue weighted by molar-refractivity contribution is 6.33. The summed E-state index contributed by atoms with van der Waals surface area (Å²) in [5.41, 5.74) is 3.35. The zero-order valence-corrected chi connectivity index (χ0v) is 11.2.